The molecule has 2 fully saturated rings. The highest BCUT2D eigenvalue weighted by Gasteiger charge is 2.44. The van der Waals surface area contributed by atoms with Crippen LogP contribution in [0.15, 0.2) is 42.5 Å². The molecule has 1 saturated heterocycles. The van der Waals surface area contributed by atoms with Crippen LogP contribution in [0.4, 0.5) is 5.69 Å². The SMILES string of the molecule is Cc1cccc(C)c1C(=O)N1CCCC(C(=O)Nc2cccc(C(C)(C)C)c2)C1C1CCCC1. The number of amides is 2. The molecule has 1 aliphatic heterocycles. The molecular weight excluding hydrogens is 420 g/mol. The van der Waals surface area contributed by atoms with E-state index in [2.05, 4.69) is 43.1 Å². The summed E-state index contributed by atoms with van der Waals surface area (Å²) in [6, 6.07) is 14.2. The summed E-state index contributed by atoms with van der Waals surface area (Å²) in [5, 5.41) is 3.22. The normalized spacial score (nSPS) is 21.5. The molecule has 0 spiro atoms. The Morgan fingerprint density at radius 2 is 1.56 bits per heavy atom. The highest BCUT2D eigenvalue weighted by Crippen LogP contribution is 2.39. The van der Waals surface area contributed by atoms with Crippen molar-refractivity contribution in [1.29, 1.82) is 0 Å². The molecule has 182 valence electrons. The number of nitrogens with zero attached hydrogens (tertiary/aromatic N) is 1. The van der Waals surface area contributed by atoms with E-state index in [1.807, 2.05) is 44.2 Å². The molecule has 0 bridgehead atoms. The number of benzene rings is 2. The lowest BCUT2D eigenvalue weighted by atomic mass is 9.79. The second kappa shape index (κ2) is 9.93. The van der Waals surface area contributed by atoms with E-state index in [9.17, 15) is 9.59 Å². The van der Waals surface area contributed by atoms with Crippen molar-refractivity contribution in [1.82, 2.24) is 4.90 Å². The molecule has 4 rings (SSSR count). The van der Waals surface area contributed by atoms with Gasteiger partial charge in [0.25, 0.3) is 5.91 Å². The fourth-order valence-electron chi connectivity index (χ4n) is 6.02. The van der Waals surface area contributed by atoms with Crippen molar-refractivity contribution in [3.8, 4) is 0 Å². The first-order valence-electron chi connectivity index (χ1n) is 13.0. The van der Waals surface area contributed by atoms with Crippen LogP contribution >= 0.6 is 0 Å². The molecule has 2 aromatic carbocycles. The first-order valence-corrected chi connectivity index (χ1v) is 13.0. The van der Waals surface area contributed by atoms with Gasteiger partial charge in [0, 0.05) is 23.8 Å². The lowest BCUT2D eigenvalue weighted by molar-refractivity contribution is -0.124. The lowest BCUT2D eigenvalue weighted by Gasteiger charge is -2.44. The topological polar surface area (TPSA) is 49.4 Å². The molecule has 4 nitrogen and oxygen atoms in total. The van der Waals surface area contributed by atoms with Crippen LogP contribution in [-0.4, -0.2) is 29.3 Å². The molecule has 1 N–H and O–H groups in total. The van der Waals surface area contributed by atoms with E-state index < -0.39 is 0 Å². The molecule has 2 aliphatic rings. The number of nitrogens with one attached hydrogen (secondary N) is 1. The summed E-state index contributed by atoms with van der Waals surface area (Å²) >= 11 is 0. The van der Waals surface area contributed by atoms with Crippen LogP contribution < -0.4 is 5.32 Å². The Morgan fingerprint density at radius 3 is 2.21 bits per heavy atom. The van der Waals surface area contributed by atoms with Crippen LogP contribution in [0.25, 0.3) is 0 Å². The molecule has 1 aliphatic carbocycles. The number of anilines is 1. The van der Waals surface area contributed by atoms with Crippen LogP contribution in [0.5, 0.6) is 0 Å². The lowest BCUT2D eigenvalue weighted by Crippen LogP contribution is -2.55. The average molecular weight is 461 g/mol. The maximum absolute atomic E-state index is 13.9. The van der Waals surface area contributed by atoms with Crippen molar-refractivity contribution in [2.24, 2.45) is 11.8 Å². The second-order valence-electron chi connectivity index (χ2n) is 11.4. The minimum absolute atomic E-state index is 0.0204. The van der Waals surface area contributed by atoms with Gasteiger partial charge in [0.1, 0.15) is 0 Å². The van der Waals surface area contributed by atoms with Gasteiger partial charge in [-0.3, -0.25) is 9.59 Å². The zero-order valence-corrected chi connectivity index (χ0v) is 21.5. The molecule has 0 radical (unpaired) electrons. The minimum Gasteiger partial charge on any atom is -0.335 e. The van der Waals surface area contributed by atoms with E-state index in [1.54, 1.807) is 0 Å². The summed E-state index contributed by atoms with van der Waals surface area (Å²) in [6.07, 6.45) is 6.28. The molecule has 4 heteroatoms. The van der Waals surface area contributed by atoms with E-state index in [4.69, 9.17) is 0 Å². The molecular formula is C30H40N2O2. The van der Waals surface area contributed by atoms with Gasteiger partial charge in [-0.2, -0.15) is 0 Å². The minimum atomic E-state index is -0.177. The molecule has 1 heterocycles. The third-order valence-corrected chi connectivity index (χ3v) is 7.86. The van der Waals surface area contributed by atoms with Crippen molar-refractivity contribution in [3.05, 3.63) is 64.7 Å². The number of carbonyl (C=O) groups excluding carboxylic acids is 2. The predicted molar refractivity (Wildman–Crippen MR) is 139 cm³/mol. The monoisotopic (exact) mass is 460 g/mol. The summed E-state index contributed by atoms with van der Waals surface area (Å²) in [7, 11) is 0. The third-order valence-electron chi connectivity index (χ3n) is 7.86. The Labute approximate surface area is 205 Å². The number of piperidine rings is 1. The fourth-order valence-corrected chi connectivity index (χ4v) is 6.02. The van der Waals surface area contributed by atoms with E-state index in [0.29, 0.717) is 5.92 Å². The highest BCUT2D eigenvalue weighted by molar-refractivity contribution is 5.99. The van der Waals surface area contributed by atoms with Gasteiger partial charge in [-0.05, 0) is 79.7 Å². The first kappa shape index (κ1) is 24.5. The number of likely N-dealkylation sites (tertiary alicyclic amines) is 1. The van der Waals surface area contributed by atoms with Gasteiger partial charge in [0.15, 0.2) is 0 Å². The summed E-state index contributed by atoms with van der Waals surface area (Å²) in [6.45, 7) is 11.3. The fraction of sp³-hybridized carbons (Fsp3) is 0.533. The second-order valence-corrected chi connectivity index (χ2v) is 11.4. The van der Waals surface area contributed by atoms with E-state index in [-0.39, 0.29) is 29.2 Å². The van der Waals surface area contributed by atoms with Crippen molar-refractivity contribution < 1.29 is 9.59 Å². The quantitative estimate of drug-likeness (QED) is 0.555. The summed E-state index contributed by atoms with van der Waals surface area (Å²) in [5.74, 6) is 0.371. The molecule has 34 heavy (non-hydrogen) atoms. The van der Waals surface area contributed by atoms with Crippen LogP contribution in [0, 0.1) is 25.7 Å². The molecule has 2 unspecified atom stereocenters. The zero-order valence-electron chi connectivity index (χ0n) is 21.5. The Bertz CT molecular complexity index is 1030. The van der Waals surface area contributed by atoms with Gasteiger partial charge in [0.2, 0.25) is 5.91 Å². The highest BCUT2D eigenvalue weighted by atomic mass is 16.2. The van der Waals surface area contributed by atoms with Crippen LogP contribution in [0.3, 0.4) is 0 Å². The zero-order chi connectivity index (χ0) is 24.5. The predicted octanol–water partition coefficient (Wildman–Crippen LogP) is 6.65. The average Bonchev–Trinajstić information content (AvgIpc) is 3.32. The number of hydrogen-bond donors (Lipinski definition) is 1. The molecule has 2 amide bonds. The van der Waals surface area contributed by atoms with Crippen molar-refractivity contribution in [2.45, 2.75) is 84.6 Å². The van der Waals surface area contributed by atoms with Crippen molar-refractivity contribution in [2.75, 3.05) is 11.9 Å². The molecule has 2 aromatic rings. The molecule has 0 aromatic heterocycles. The van der Waals surface area contributed by atoms with Gasteiger partial charge in [-0.1, -0.05) is 63.9 Å². The Kier molecular flexibility index (Phi) is 7.16. The van der Waals surface area contributed by atoms with E-state index in [1.165, 1.54) is 18.4 Å². The molecule has 2 atom stereocenters. The number of hydrogen-bond acceptors (Lipinski definition) is 2. The Hall–Kier alpha value is -2.62. The van der Waals surface area contributed by atoms with Crippen LogP contribution in [0.1, 0.15) is 86.3 Å². The van der Waals surface area contributed by atoms with Gasteiger partial charge >= 0.3 is 0 Å². The number of aryl methyl sites for hydroxylation is 2. The number of carbonyl (C=O) groups is 2. The largest absolute Gasteiger partial charge is 0.335 e. The van der Waals surface area contributed by atoms with Crippen molar-refractivity contribution in [3.63, 3.8) is 0 Å². The third kappa shape index (κ3) is 5.06. The Balaban J connectivity index is 1.63. The summed E-state index contributed by atoms with van der Waals surface area (Å²) in [5.41, 5.74) is 4.91. The van der Waals surface area contributed by atoms with E-state index in [0.717, 1.165) is 54.6 Å². The van der Waals surface area contributed by atoms with Gasteiger partial charge < -0.3 is 10.2 Å². The van der Waals surface area contributed by atoms with Gasteiger partial charge in [-0.25, -0.2) is 0 Å². The first-order chi connectivity index (χ1) is 16.2. The number of rotatable bonds is 4. The smallest absolute Gasteiger partial charge is 0.254 e. The standard InChI is InChI=1S/C30H40N2O2/c1-20-11-8-12-21(2)26(20)29(34)32-18-10-17-25(27(32)22-13-6-7-14-22)28(33)31-24-16-9-15-23(19-24)30(3,4)5/h8-9,11-12,15-16,19,22,25,27H,6-7,10,13-14,17-18H2,1-5H3,(H,31,33). The maximum Gasteiger partial charge on any atom is 0.254 e. The van der Waals surface area contributed by atoms with Gasteiger partial charge in [-0.15, -0.1) is 0 Å². The summed E-state index contributed by atoms with van der Waals surface area (Å²) < 4.78 is 0. The summed E-state index contributed by atoms with van der Waals surface area (Å²) in [4.78, 5) is 29.6. The van der Waals surface area contributed by atoms with Crippen LogP contribution in [0.2, 0.25) is 0 Å². The van der Waals surface area contributed by atoms with Crippen LogP contribution in [-0.2, 0) is 10.2 Å². The maximum atomic E-state index is 13.9. The molecule has 1 saturated carbocycles. The van der Waals surface area contributed by atoms with Gasteiger partial charge in [0.05, 0.1) is 5.92 Å². The Morgan fingerprint density at radius 1 is 0.912 bits per heavy atom. The van der Waals surface area contributed by atoms with E-state index >= 15 is 0 Å². The van der Waals surface area contributed by atoms with Crippen molar-refractivity contribution >= 4 is 17.5 Å².